The second kappa shape index (κ2) is 5.29. The maximum Gasteiger partial charge on any atom is 0.0423 e. The van der Waals surface area contributed by atoms with Crippen LogP contribution in [0.4, 0.5) is 0 Å². The van der Waals surface area contributed by atoms with Crippen LogP contribution in [0, 0.1) is 17.8 Å². The molecule has 1 atom stereocenters. The molecule has 0 saturated heterocycles. The van der Waals surface area contributed by atoms with E-state index in [9.17, 15) is 0 Å². The van der Waals surface area contributed by atoms with Gasteiger partial charge < -0.3 is 0 Å². The zero-order valence-electron chi connectivity index (χ0n) is 8.27. The van der Waals surface area contributed by atoms with Gasteiger partial charge in [-0.25, -0.2) is 0 Å². The van der Waals surface area contributed by atoms with E-state index in [-0.39, 0.29) is 0 Å². The Labute approximate surface area is 95.2 Å². The molecule has 1 aromatic rings. The largest absolute Gasteiger partial charge is 0.106 e. The van der Waals surface area contributed by atoms with Crippen LogP contribution < -0.4 is 0 Å². The predicted molar refractivity (Wildman–Crippen MR) is 62.8 cm³/mol. The molecular formula is C12H12Cl2. The van der Waals surface area contributed by atoms with E-state index in [0.29, 0.717) is 16.0 Å². The van der Waals surface area contributed by atoms with Crippen LogP contribution in [0.1, 0.15) is 19.4 Å². The lowest BCUT2D eigenvalue weighted by Crippen LogP contribution is -1.96. The first-order valence-corrected chi connectivity index (χ1v) is 5.24. The molecule has 0 spiro atoms. The smallest absolute Gasteiger partial charge is 0.0423 e. The number of benzene rings is 1. The molecule has 0 aliphatic carbocycles. The molecule has 1 rings (SSSR count). The minimum Gasteiger partial charge on any atom is -0.106 e. The molecule has 0 N–H and O–H groups in total. The Hall–Kier alpha value is -0.640. The monoisotopic (exact) mass is 226 g/mol. The Morgan fingerprint density at radius 2 is 1.79 bits per heavy atom. The van der Waals surface area contributed by atoms with Crippen LogP contribution >= 0.6 is 23.2 Å². The lowest BCUT2D eigenvalue weighted by atomic mass is 10.0. The first kappa shape index (κ1) is 11.4. The van der Waals surface area contributed by atoms with Gasteiger partial charge in [-0.15, -0.1) is 11.8 Å². The van der Waals surface area contributed by atoms with E-state index in [4.69, 9.17) is 23.2 Å². The average Bonchev–Trinajstić information content (AvgIpc) is 2.01. The van der Waals surface area contributed by atoms with Gasteiger partial charge in [0.2, 0.25) is 0 Å². The molecule has 0 bridgehead atoms. The lowest BCUT2D eigenvalue weighted by Gasteiger charge is -2.05. The molecule has 0 nitrogen and oxygen atoms in total. The molecule has 0 radical (unpaired) electrons. The van der Waals surface area contributed by atoms with Gasteiger partial charge in [0.15, 0.2) is 0 Å². The fourth-order valence-corrected chi connectivity index (χ4v) is 1.95. The highest BCUT2D eigenvalue weighted by atomic mass is 35.5. The summed E-state index contributed by atoms with van der Waals surface area (Å²) in [6.07, 6.45) is 0.890. The van der Waals surface area contributed by atoms with Crippen molar-refractivity contribution in [1.29, 1.82) is 0 Å². The molecule has 0 amide bonds. The van der Waals surface area contributed by atoms with Gasteiger partial charge >= 0.3 is 0 Å². The minimum atomic E-state index is 0.342. The molecule has 0 fully saturated rings. The third kappa shape index (κ3) is 3.62. The Morgan fingerprint density at radius 1 is 1.21 bits per heavy atom. The summed E-state index contributed by atoms with van der Waals surface area (Å²) >= 11 is 11.8. The van der Waals surface area contributed by atoms with E-state index in [0.717, 1.165) is 12.0 Å². The summed E-state index contributed by atoms with van der Waals surface area (Å²) in [6, 6.07) is 5.60. The summed E-state index contributed by atoms with van der Waals surface area (Å²) in [5, 5.41) is 1.37. The molecule has 0 aromatic heterocycles. The van der Waals surface area contributed by atoms with E-state index in [1.165, 1.54) is 0 Å². The highest BCUT2D eigenvalue weighted by molar-refractivity contribution is 6.34. The Bertz CT molecular complexity index is 351. The summed E-state index contributed by atoms with van der Waals surface area (Å²) in [6.45, 7) is 3.94. The van der Waals surface area contributed by atoms with Crippen molar-refractivity contribution in [1.82, 2.24) is 0 Å². The Kier molecular flexibility index (Phi) is 4.32. The predicted octanol–water partition coefficient (Wildman–Crippen LogP) is 4.20. The van der Waals surface area contributed by atoms with Crippen LogP contribution in [0.5, 0.6) is 0 Å². The van der Waals surface area contributed by atoms with Crippen molar-refractivity contribution in [3.05, 3.63) is 33.8 Å². The molecule has 14 heavy (non-hydrogen) atoms. The van der Waals surface area contributed by atoms with Gasteiger partial charge in [-0.3, -0.25) is 0 Å². The van der Waals surface area contributed by atoms with E-state index in [2.05, 4.69) is 18.8 Å². The zero-order valence-corrected chi connectivity index (χ0v) is 9.78. The number of hydrogen-bond acceptors (Lipinski definition) is 0. The summed E-state index contributed by atoms with van der Waals surface area (Å²) < 4.78 is 0. The molecule has 74 valence electrons. The fraction of sp³-hybridized carbons (Fsp3) is 0.333. The Balaban J connectivity index is 2.79. The van der Waals surface area contributed by atoms with Crippen molar-refractivity contribution in [2.75, 3.05) is 0 Å². The van der Waals surface area contributed by atoms with Gasteiger partial charge in [0.1, 0.15) is 0 Å². The van der Waals surface area contributed by atoms with Crippen molar-refractivity contribution in [3.8, 4) is 11.8 Å². The molecule has 1 aromatic carbocycles. The molecule has 0 heterocycles. The number of rotatable bonds is 2. The quantitative estimate of drug-likeness (QED) is 0.664. The highest BCUT2D eigenvalue weighted by Gasteiger charge is 2.02. The molecule has 1 unspecified atom stereocenters. The van der Waals surface area contributed by atoms with Crippen LogP contribution in [0.2, 0.25) is 10.0 Å². The number of hydrogen-bond donors (Lipinski definition) is 0. The lowest BCUT2D eigenvalue weighted by molar-refractivity contribution is 0.750. The standard InChI is InChI=1S/C12H12Cl2/c1-3-4-9(2)5-10-6-11(13)8-12(14)7-10/h6-9H,5H2,1-2H3. The van der Waals surface area contributed by atoms with Gasteiger partial charge in [-0.05, 0) is 37.1 Å². The summed E-state index contributed by atoms with van der Waals surface area (Å²) in [7, 11) is 0. The summed E-state index contributed by atoms with van der Waals surface area (Å²) in [5.41, 5.74) is 1.14. The van der Waals surface area contributed by atoms with Gasteiger partial charge in [-0.1, -0.05) is 30.1 Å². The van der Waals surface area contributed by atoms with E-state index in [1.807, 2.05) is 19.1 Å². The maximum absolute atomic E-state index is 5.89. The second-order valence-corrected chi connectivity index (χ2v) is 4.15. The molecular weight excluding hydrogens is 215 g/mol. The first-order chi connectivity index (χ1) is 6.61. The third-order valence-electron chi connectivity index (χ3n) is 1.85. The maximum atomic E-state index is 5.89. The highest BCUT2D eigenvalue weighted by Crippen LogP contribution is 2.20. The van der Waals surface area contributed by atoms with Crippen LogP contribution in [-0.2, 0) is 6.42 Å². The molecule has 0 aliphatic rings. The molecule has 2 heteroatoms. The van der Waals surface area contributed by atoms with Crippen molar-refractivity contribution >= 4 is 23.2 Å². The van der Waals surface area contributed by atoms with Crippen LogP contribution in [-0.4, -0.2) is 0 Å². The van der Waals surface area contributed by atoms with Crippen LogP contribution in [0.25, 0.3) is 0 Å². The van der Waals surface area contributed by atoms with Gasteiger partial charge in [-0.2, -0.15) is 0 Å². The van der Waals surface area contributed by atoms with Crippen molar-refractivity contribution in [3.63, 3.8) is 0 Å². The topological polar surface area (TPSA) is 0 Å². The minimum absolute atomic E-state index is 0.342. The van der Waals surface area contributed by atoms with Crippen molar-refractivity contribution < 1.29 is 0 Å². The first-order valence-electron chi connectivity index (χ1n) is 4.49. The molecule has 0 saturated carbocycles. The average molecular weight is 227 g/mol. The Morgan fingerprint density at radius 3 is 2.29 bits per heavy atom. The summed E-state index contributed by atoms with van der Waals surface area (Å²) in [5.74, 6) is 6.34. The summed E-state index contributed by atoms with van der Waals surface area (Å²) in [4.78, 5) is 0. The van der Waals surface area contributed by atoms with E-state index in [1.54, 1.807) is 6.07 Å². The van der Waals surface area contributed by atoms with Crippen LogP contribution in [0.15, 0.2) is 18.2 Å². The second-order valence-electron chi connectivity index (χ2n) is 3.28. The van der Waals surface area contributed by atoms with Gasteiger partial charge in [0.05, 0.1) is 0 Å². The van der Waals surface area contributed by atoms with Gasteiger partial charge in [0, 0.05) is 16.0 Å². The van der Waals surface area contributed by atoms with E-state index >= 15 is 0 Å². The SMILES string of the molecule is CC#CC(C)Cc1cc(Cl)cc(Cl)c1. The van der Waals surface area contributed by atoms with E-state index < -0.39 is 0 Å². The fourth-order valence-electron chi connectivity index (χ4n) is 1.38. The number of halogens is 2. The van der Waals surface area contributed by atoms with Crippen molar-refractivity contribution in [2.45, 2.75) is 20.3 Å². The normalized spacial score (nSPS) is 11.7. The van der Waals surface area contributed by atoms with Gasteiger partial charge in [0.25, 0.3) is 0 Å². The molecule has 0 aliphatic heterocycles. The third-order valence-corrected chi connectivity index (χ3v) is 2.29. The zero-order chi connectivity index (χ0) is 10.6. The van der Waals surface area contributed by atoms with Crippen molar-refractivity contribution in [2.24, 2.45) is 5.92 Å². The van der Waals surface area contributed by atoms with Crippen LogP contribution in [0.3, 0.4) is 0 Å².